The van der Waals surface area contributed by atoms with Crippen LogP contribution in [0.15, 0.2) is 59.1 Å². The highest BCUT2D eigenvalue weighted by Gasteiger charge is 2.21. The van der Waals surface area contributed by atoms with E-state index < -0.39 is 5.91 Å². The molecule has 0 saturated heterocycles. The first-order valence-corrected chi connectivity index (χ1v) is 13.5. The molecule has 2 amide bonds. The van der Waals surface area contributed by atoms with Crippen LogP contribution in [0, 0.1) is 5.82 Å². The van der Waals surface area contributed by atoms with Crippen molar-refractivity contribution in [3.63, 3.8) is 0 Å². The van der Waals surface area contributed by atoms with Crippen LogP contribution in [0.2, 0.25) is 0 Å². The third-order valence-corrected chi connectivity index (χ3v) is 6.82. The summed E-state index contributed by atoms with van der Waals surface area (Å²) in [6.07, 6.45) is 2.31. The third kappa shape index (κ3) is 7.29. The van der Waals surface area contributed by atoms with Gasteiger partial charge in [-0.3, -0.25) is 14.9 Å². The average Bonchev–Trinajstić information content (AvgIpc) is 3.55. The van der Waals surface area contributed by atoms with E-state index >= 15 is 0 Å². The van der Waals surface area contributed by atoms with Crippen LogP contribution in [0.1, 0.15) is 30.8 Å². The van der Waals surface area contributed by atoms with Crippen molar-refractivity contribution in [3.8, 4) is 17.2 Å². The predicted octanol–water partition coefficient (Wildman–Crippen LogP) is 5.03. The van der Waals surface area contributed by atoms with E-state index in [-0.39, 0.29) is 28.3 Å². The summed E-state index contributed by atoms with van der Waals surface area (Å²) < 4.78 is 26.4. The van der Waals surface area contributed by atoms with Gasteiger partial charge in [-0.15, -0.1) is 10.2 Å². The largest absolute Gasteiger partial charge is 0.494 e. The number of carbonyl (C=O) groups excluding carboxylic acids is 2. The van der Waals surface area contributed by atoms with E-state index in [1.165, 1.54) is 28.6 Å². The minimum atomic E-state index is -0.530. The van der Waals surface area contributed by atoms with Crippen LogP contribution >= 0.6 is 23.1 Å². The van der Waals surface area contributed by atoms with Crippen molar-refractivity contribution in [1.29, 1.82) is 0 Å². The third-order valence-electron chi connectivity index (χ3n) is 4.85. The summed E-state index contributed by atoms with van der Waals surface area (Å²) >= 11 is 2.34. The Morgan fingerprint density at radius 1 is 1.03 bits per heavy atom. The van der Waals surface area contributed by atoms with Crippen LogP contribution in [0.5, 0.6) is 11.5 Å². The molecule has 0 bridgehead atoms. The quantitative estimate of drug-likeness (QED) is 0.184. The lowest BCUT2D eigenvalue weighted by atomic mass is 10.3. The number of nitrogens with zero attached hydrogens (tertiary/aromatic N) is 4. The van der Waals surface area contributed by atoms with Gasteiger partial charge in [-0.25, -0.2) is 9.07 Å². The highest BCUT2D eigenvalue weighted by Crippen LogP contribution is 2.27. The van der Waals surface area contributed by atoms with Crippen molar-refractivity contribution >= 4 is 45.7 Å². The molecular weight excluding hydrogens is 531 g/mol. The number of benzene rings is 2. The second kappa shape index (κ2) is 13.0. The topological polar surface area (TPSA) is 120 Å². The lowest BCUT2D eigenvalue weighted by Crippen LogP contribution is -2.14. The molecule has 13 heteroatoms. The summed E-state index contributed by atoms with van der Waals surface area (Å²) in [5.41, 5.74) is 1.29. The van der Waals surface area contributed by atoms with Gasteiger partial charge in [0.1, 0.15) is 11.6 Å². The molecule has 0 aliphatic carbocycles. The van der Waals surface area contributed by atoms with Crippen molar-refractivity contribution in [3.05, 3.63) is 66.2 Å². The lowest BCUT2D eigenvalue weighted by Gasteiger charge is -2.06. The minimum absolute atomic E-state index is 0.0573. The van der Waals surface area contributed by atoms with Gasteiger partial charge in [-0.2, -0.15) is 5.10 Å². The van der Waals surface area contributed by atoms with E-state index in [1.807, 2.05) is 13.8 Å². The van der Waals surface area contributed by atoms with E-state index in [0.29, 0.717) is 34.7 Å². The van der Waals surface area contributed by atoms with Gasteiger partial charge >= 0.3 is 0 Å². The van der Waals surface area contributed by atoms with Crippen LogP contribution in [-0.4, -0.2) is 50.8 Å². The first kappa shape index (κ1) is 27.1. The van der Waals surface area contributed by atoms with E-state index in [1.54, 1.807) is 42.6 Å². The zero-order valence-corrected chi connectivity index (χ0v) is 22.3. The fourth-order valence-electron chi connectivity index (χ4n) is 3.16. The summed E-state index contributed by atoms with van der Waals surface area (Å²) in [5.74, 6) is 0.0301. The van der Waals surface area contributed by atoms with Crippen LogP contribution < -0.4 is 20.1 Å². The molecule has 2 aromatic heterocycles. The maximum Gasteiger partial charge on any atom is 0.281 e. The van der Waals surface area contributed by atoms with Crippen LogP contribution in [-0.2, 0) is 4.79 Å². The van der Waals surface area contributed by atoms with Gasteiger partial charge in [0.15, 0.2) is 15.8 Å². The van der Waals surface area contributed by atoms with Crippen LogP contribution in [0.25, 0.3) is 5.69 Å². The number of amides is 2. The second-order valence-corrected chi connectivity index (χ2v) is 9.93. The number of carbonyl (C=O) groups is 2. The SMILES string of the molecule is CCCOc1cn(-c2ccc(F)cc2)nc1C(=O)Nc1nnc(SCC(=O)Nc2ccc(OCC)cc2)s1. The maximum atomic E-state index is 13.3. The molecule has 0 atom stereocenters. The van der Waals surface area contributed by atoms with Crippen molar-refractivity contribution in [1.82, 2.24) is 20.0 Å². The number of thioether (sulfide) groups is 1. The zero-order chi connectivity index (χ0) is 26.9. The monoisotopic (exact) mass is 556 g/mol. The molecule has 0 saturated carbocycles. The zero-order valence-electron chi connectivity index (χ0n) is 20.6. The molecule has 0 unspecified atom stereocenters. The molecule has 2 heterocycles. The Balaban J connectivity index is 1.35. The Morgan fingerprint density at radius 3 is 2.50 bits per heavy atom. The van der Waals surface area contributed by atoms with Gasteiger partial charge in [-0.05, 0) is 61.9 Å². The van der Waals surface area contributed by atoms with Crippen molar-refractivity contribution in [2.75, 3.05) is 29.6 Å². The fourth-order valence-corrected chi connectivity index (χ4v) is 4.71. The van der Waals surface area contributed by atoms with Crippen molar-refractivity contribution in [2.45, 2.75) is 24.6 Å². The van der Waals surface area contributed by atoms with E-state index in [0.717, 1.165) is 23.5 Å². The van der Waals surface area contributed by atoms with Crippen molar-refractivity contribution < 1.29 is 23.5 Å². The molecule has 0 aliphatic heterocycles. The fraction of sp³-hybridized carbons (Fsp3) is 0.240. The summed E-state index contributed by atoms with van der Waals surface area (Å²) in [4.78, 5) is 25.3. The Labute approximate surface area is 226 Å². The standard InChI is InChI=1S/C25H25FN6O4S2/c1-3-13-36-20-14-32(18-9-5-16(26)6-10-18)31-22(20)23(34)28-24-29-30-25(38-24)37-15-21(33)27-17-7-11-19(12-8-17)35-4-2/h5-12,14H,3-4,13,15H2,1-2H3,(H,27,33)(H,28,29,34). The van der Waals surface area contributed by atoms with Gasteiger partial charge in [0, 0.05) is 5.69 Å². The average molecular weight is 557 g/mol. The predicted molar refractivity (Wildman–Crippen MR) is 144 cm³/mol. The molecule has 38 heavy (non-hydrogen) atoms. The molecule has 2 aromatic carbocycles. The number of hydrogen-bond acceptors (Lipinski definition) is 9. The molecule has 0 aliphatic rings. The molecule has 2 N–H and O–H groups in total. The molecule has 0 spiro atoms. The van der Waals surface area contributed by atoms with Crippen LogP contribution in [0.4, 0.5) is 15.2 Å². The number of ether oxygens (including phenoxy) is 2. The van der Waals surface area contributed by atoms with E-state index in [9.17, 15) is 14.0 Å². The van der Waals surface area contributed by atoms with Gasteiger partial charge in [0.2, 0.25) is 11.0 Å². The smallest absolute Gasteiger partial charge is 0.281 e. The summed E-state index contributed by atoms with van der Waals surface area (Å²) in [7, 11) is 0. The maximum absolute atomic E-state index is 13.3. The number of rotatable bonds is 12. The molecular formula is C25H25FN6O4S2. The second-order valence-electron chi connectivity index (χ2n) is 7.73. The summed E-state index contributed by atoms with van der Waals surface area (Å²) in [6.45, 7) is 4.82. The minimum Gasteiger partial charge on any atom is -0.494 e. The van der Waals surface area contributed by atoms with Gasteiger partial charge in [0.25, 0.3) is 5.91 Å². The number of halogens is 1. The molecule has 198 valence electrons. The Morgan fingerprint density at radius 2 is 1.79 bits per heavy atom. The molecule has 4 aromatic rings. The van der Waals surface area contributed by atoms with Gasteiger partial charge in [-0.1, -0.05) is 30.0 Å². The molecule has 0 fully saturated rings. The van der Waals surface area contributed by atoms with Gasteiger partial charge in [0.05, 0.1) is 30.9 Å². The highest BCUT2D eigenvalue weighted by atomic mass is 32.2. The molecule has 0 radical (unpaired) electrons. The Kier molecular flexibility index (Phi) is 9.27. The highest BCUT2D eigenvalue weighted by molar-refractivity contribution is 8.01. The first-order valence-electron chi connectivity index (χ1n) is 11.7. The number of hydrogen-bond donors (Lipinski definition) is 2. The molecule has 4 rings (SSSR count). The molecule has 10 nitrogen and oxygen atoms in total. The number of aromatic nitrogens is 4. The Bertz CT molecular complexity index is 1380. The van der Waals surface area contributed by atoms with E-state index in [2.05, 4.69) is 25.9 Å². The Hall–Kier alpha value is -3.97. The lowest BCUT2D eigenvalue weighted by molar-refractivity contribution is -0.113. The number of nitrogens with one attached hydrogen (secondary N) is 2. The van der Waals surface area contributed by atoms with E-state index in [4.69, 9.17) is 9.47 Å². The van der Waals surface area contributed by atoms with Crippen LogP contribution in [0.3, 0.4) is 0 Å². The first-order chi connectivity index (χ1) is 18.4. The number of anilines is 2. The normalized spacial score (nSPS) is 10.7. The summed E-state index contributed by atoms with van der Waals surface area (Å²) in [5, 5.41) is 18.1. The van der Waals surface area contributed by atoms with Gasteiger partial charge < -0.3 is 14.8 Å². The summed E-state index contributed by atoms with van der Waals surface area (Å²) in [6, 6.07) is 12.8. The van der Waals surface area contributed by atoms with Crippen molar-refractivity contribution in [2.24, 2.45) is 0 Å².